The van der Waals surface area contributed by atoms with Crippen molar-refractivity contribution in [3.63, 3.8) is 0 Å². The molecule has 112 valence electrons. The molecule has 0 aromatic carbocycles. The second kappa shape index (κ2) is 7.59. The highest BCUT2D eigenvalue weighted by Crippen LogP contribution is 2.18. The molecule has 1 aromatic rings. The summed E-state index contributed by atoms with van der Waals surface area (Å²) in [6, 6.07) is 0. The fourth-order valence-electron chi connectivity index (χ4n) is 2.24. The van der Waals surface area contributed by atoms with Crippen molar-refractivity contribution < 1.29 is 5.11 Å². The summed E-state index contributed by atoms with van der Waals surface area (Å²) in [7, 11) is 0. The molecule has 0 radical (unpaired) electrons. The topological polar surface area (TPSA) is 74.2 Å². The molecule has 0 bridgehead atoms. The van der Waals surface area contributed by atoms with Crippen LogP contribution in [-0.2, 0) is 0 Å². The van der Waals surface area contributed by atoms with E-state index in [0.717, 1.165) is 19.5 Å². The van der Waals surface area contributed by atoms with E-state index in [2.05, 4.69) is 32.1 Å². The van der Waals surface area contributed by atoms with Gasteiger partial charge in [0.05, 0.1) is 0 Å². The smallest absolute Gasteiger partial charge is 0.231 e. The van der Waals surface area contributed by atoms with Gasteiger partial charge in [-0.3, -0.25) is 0 Å². The predicted octanol–water partition coefficient (Wildman–Crippen LogP) is 1.95. The molecule has 2 rings (SSSR count). The van der Waals surface area contributed by atoms with E-state index in [9.17, 15) is 0 Å². The Morgan fingerprint density at radius 1 is 1.25 bits per heavy atom. The first-order chi connectivity index (χ1) is 9.69. The molecule has 1 saturated heterocycles. The first kappa shape index (κ1) is 15.3. The number of nitrogens with one attached hydrogen (secondary N) is 1. The third-order valence-corrected chi connectivity index (χ3v) is 3.63. The first-order valence-electron chi connectivity index (χ1n) is 7.20. The molecule has 1 aromatic heterocycles. The van der Waals surface area contributed by atoms with Crippen molar-refractivity contribution in [1.82, 2.24) is 15.0 Å². The van der Waals surface area contributed by atoms with E-state index in [1.54, 1.807) is 0 Å². The van der Waals surface area contributed by atoms with Gasteiger partial charge in [-0.25, -0.2) is 0 Å². The van der Waals surface area contributed by atoms with Gasteiger partial charge in [0.25, 0.3) is 0 Å². The molecule has 0 amide bonds. The van der Waals surface area contributed by atoms with Crippen LogP contribution in [0.25, 0.3) is 0 Å². The lowest BCUT2D eigenvalue weighted by atomic mass is 10.1. The van der Waals surface area contributed by atoms with Gasteiger partial charge in [0.2, 0.25) is 17.2 Å². The molecule has 1 aliphatic heterocycles. The summed E-state index contributed by atoms with van der Waals surface area (Å²) in [5.74, 6) is 1.52. The third-order valence-electron chi connectivity index (χ3n) is 3.47. The minimum Gasteiger partial charge on any atom is -0.396 e. The van der Waals surface area contributed by atoms with Crippen molar-refractivity contribution in [3.8, 4) is 0 Å². The zero-order valence-corrected chi connectivity index (χ0v) is 12.6. The van der Waals surface area contributed by atoms with Crippen molar-refractivity contribution in [2.75, 3.05) is 36.5 Å². The number of halogens is 1. The van der Waals surface area contributed by atoms with Gasteiger partial charge in [0, 0.05) is 26.2 Å². The second-order valence-electron chi connectivity index (χ2n) is 5.27. The van der Waals surface area contributed by atoms with Crippen LogP contribution < -0.4 is 10.2 Å². The quantitative estimate of drug-likeness (QED) is 0.836. The fraction of sp³-hybridized carbons (Fsp3) is 0.769. The third kappa shape index (κ3) is 4.45. The summed E-state index contributed by atoms with van der Waals surface area (Å²) in [5, 5.41) is 12.3. The van der Waals surface area contributed by atoms with Crippen LogP contribution in [0.5, 0.6) is 0 Å². The summed E-state index contributed by atoms with van der Waals surface area (Å²) in [6.45, 7) is 4.92. The van der Waals surface area contributed by atoms with E-state index in [4.69, 9.17) is 16.7 Å². The Balaban J connectivity index is 2.00. The van der Waals surface area contributed by atoms with E-state index in [-0.39, 0.29) is 11.9 Å². The van der Waals surface area contributed by atoms with Crippen molar-refractivity contribution in [1.29, 1.82) is 0 Å². The Hall–Kier alpha value is -1.14. The van der Waals surface area contributed by atoms with Crippen LogP contribution in [-0.4, -0.2) is 46.3 Å². The van der Waals surface area contributed by atoms with Gasteiger partial charge in [0.15, 0.2) is 0 Å². The van der Waals surface area contributed by atoms with E-state index >= 15 is 0 Å². The number of aliphatic hydroxyl groups excluding tert-OH is 1. The SMILES string of the molecule is CC(CCO)CNc1nc(Cl)nc(N2CCCCC2)n1. The number of anilines is 2. The zero-order chi connectivity index (χ0) is 14.4. The summed E-state index contributed by atoms with van der Waals surface area (Å²) in [5.41, 5.74) is 0. The Morgan fingerprint density at radius 2 is 2.00 bits per heavy atom. The van der Waals surface area contributed by atoms with Crippen molar-refractivity contribution in [2.24, 2.45) is 5.92 Å². The summed E-state index contributed by atoms with van der Waals surface area (Å²) >= 11 is 5.98. The maximum absolute atomic E-state index is 8.90. The molecule has 0 aliphatic carbocycles. The maximum atomic E-state index is 8.90. The highest BCUT2D eigenvalue weighted by atomic mass is 35.5. The molecule has 0 spiro atoms. The second-order valence-corrected chi connectivity index (χ2v) is 5.61. The molecule has 2 heterocycles. The van der Waals surface area contributed by atoms with Gasteiger partial charge in [-0.1, -0.05) is 6.92 Å². The molecule has 7 heteroatoms. The normalized spacial score (nSPS) is 17.1. The molecule has 1 unspecified atom stereocenters. The number of nitrogens with zero attached hydrogens (tertiary/aromatic N) is 4. The number of hydrogen-bond acceptors (Lipinski definition) is 6. The van der Waals surface area contributed by atoms with Gasteiger partial charge in [-0.2, -0.15) is 15.0 Å². The molecular formula is C13H22ClN5O. The minimum atomic E-state index is 0.194. The summed E-state index contributed by atoms with van der Waals surface area (Å²) < 4.78 is 0. The predicted molar refractivity (Wildman–Crippen MR) is 80.3 cm³/mol. The Morgan fingerprint density at radius 3 is 2.70 bits per heavy atom. The molecular weight excluding hydrogens is 278 g/mol. The highest BCUT2D eigenvalue weighted by molar-refractivity contribution is 6.28. The van der Waals surface area contributed by atoms with Gasteiger partial charge in [0.1, 0.15) is 0 Å². The van der Waals surface area contributed by atoms with Gasteiger partial charge in [-0.05, 0) is 43.2 Å². The number of piperidine rings is 1. The van der Waals surface area contributed by atoms with Crippen molar-refractivity contribution >= 4 is 23.5 Å². The Bertz CT molecular complexity index is 425. The summed E-state index contributed by atoms with van der Waals surface area (Å²) in [4.78, 5) is 14.9. The monoisotopic (exact) mass is 299 g/mol. The molecule has 1 atom stereocenters. The van der Waals surface area contributed by atoms with Crippen LogP contribution in [0.4, 0.5) is 11.9 Å². The van der Waals surface area contributed by atoms with Crippen LogP contribution in [0.1, 0.15) is 32.6 Å². The molecule has 6 nitrogen and oxygen atoms in total. The molecule has 2 N–H and O–H groups in total. The van der Waals surface area contributed by atoms with Crippen molar-refractivity contribution in [2.45, 2.75) is 32.6 Å². The number of rotatable bonds is 6. The minimum absolute atomic E-state index is 0.194. The van der Waals surface area contributed by atoms with Crippen LogP contribution in [0, 0.1) is 5.92 Å². The average Bonchev–Trinajstić information content (AvgIpc) is 2.46. The van der Waals surface area contributed by atoms with Crippen molar-refractivity contribution in [3.05, 3.63) is 5.28 Å². The lowest BCUT2D eigenvalue weighted by Gasteiger charge is -2.26. The number of hydrogen-bond donors (Lipinski definition) is 2. The van der Waals surface area contributed by atoms with Crippen LogP contribution in [0.3, 0.4) is 0 Å². The van der Waals surface area contributed by atoms with E-state index in [0.29, 0.717) is 24.4 Å². The van der Waals surface area contributed by atoms with E-state index in [1.807, 2.05) is 0 Å². The van der Waals surface area contributed by atoms with Crippen LogP contribution >= 0.6 is 11.6 Å². The maximum Gasteiger partial charge on any atom is 0.231 e. The largest absolute Gasteiger partial charge is 0.396 e. The molecule has 0 saturated carbocycles. The highest BCUT2D eigenvalue weighted by Gasteiger charge is 2.15. The van der Waals surface area contributed by atoms with Gasteiger partial charge in [-0.15, -0.1) is 0 Å². The number of aliphatic hydroxyl groups is 1. The molecule has 1 fully saturated rings. The van der Waals surface area contributed by atoms with E-state index in [1.165, 1.54) is 19.3 Å². The standard InChI is InChI=1S/C13H22ClN5O/c1-10(5-8-20)9-15-12-16-11(14)17-13(18-12)19-6-3-2-4-7-19/h10,20H,2-9H2,1H3,(H,15,16,17,18). The molecule has 1 aliphatic rings. The van der Waals surface area contributed by atoms with Crippen LogP contribution in [0.2, 0.25) is 5.28 Å². The molecule has 20 heavy (non-hydrogen) atoms. The summed E-state index contributed by atoms with van der Waals surface area (Å²) in [6.07, 6.45) is 4.35. The van der Waals surface area contributed by atoms with Gasteiger partial charge >= 0.3 is 0 Å². The number of aromatic nitrogens is 3. The van der Waals surface area contributed by atoms with E-state index < -0.39 is 0 Å². The van der Waals surface area contributed by atoms with Gasteiger partial charge < -0.3 is 15.3 Å². The Kier molecular flexibility index (Phi) is 5.79. The zero-order valence-electron chi connectivity index (χ0n) is 11.8. The lowest BCUT2D eigenvalue weighted by molar-refractivity contribution is 0.265. The lowest BCUT2D eigenvalue weighted by Crippen LogP contribution is -2.31. The van der Waals surface area contributed by atoms with Crippen LogP contribution in [0.15, 0.2) is 0 Å². The Labute approximate surface area is 124 Å². The fourth-order valence-corrected chi connectivity index (χ4v) is 2.40. The first-order valence-corrected chi connectivity index (χ1v) is 7.58. The average molecular weight is 300 g/mol.